The number of benzene rings is 3. The molecule has 0 fully saturated rings. The van der Waals surface area contributed by atoms with Crippen LogP contribution in [-0.2, 0) is 40.6 Å². The highest BCUT2D eigenvalue weighted by molar-refractivity contribution is 7.90. The third kappa shape index (κ3) is 7.29. The largest absolute Gasteiger partial charge is 0.496 e. The van der Waals surface area contributed by atoms with Gasteiger partial charge in [0, 0.05) is 35.4 Å². The van der Waals surface area contributed by atoms with Gasteiger partial charge in [0.1, 0.15) is 11.5 Å². The molecule has 5 rings (SSSR count). The maximum Gasteiger partial charge on any atom is 0.264 e. The van der Waals surface area contributed by atoms with Crippen LogP contribution in [0.4, 0.5) is 0 Å². The number of aliphatic hydroxyl groups excluding tert-OH is 1. The number of hydrogen-bond acceptors (Lipinski definition) is 6. The summed E-state index contributed by atoms with van der Waals surface area (Å²) in [5.41, 5.74) is 4.94. The van der Waals surface area contributed by atoms with E-state index in [9.17, 15) is 18.3 Å². The van der Waals surface area contributed by atoms with Gasteiger partial charge >= 0.3 is 0 Å². The molecule has 1 aromatic heterocycles. The second kappa shape index (κ2) is 13.5. The van der Waals surface area contributed by atoms with Gasteiger partial charge in [-0.05, 0) is 96.8 Å². The minimum atomic E-state index is -4.02. The van der Waals surface area contributed by atoms with Crippen molar-refractivity contribution in [1.29, 1.82) is 0 Å². The van der Waals surface area contributed by atoms with Crippen LogP contribution in [0.2, 0.25) is 5.02 Å². The quantitative estimate of drug-likeness (QED) is 0.208. The molecule has 0 saturated heterocycles. The summed E-state index contributed by atoms with van der Waals surface area (Å²) in [4.78, 5) is 12.7. The number of ether oxygens (including phenoxy) is 2. The number of fused-ring (bicyclic) bond motifs is 1. The normalized spacial score (nSPS) is 14.6. The fraction of sp³-hybridized carbons (Fsp3) is 0.324. The van der Waals surface area contributed by atoms with E-state index in [1.807, 2.05) is 36.0 Å². The number of methoxy groups -OCH3 is 2. The number of aromatic nitrogens is 1. The van der Waals surface area contributed by atoms with Crippen LogP contribution in [0, 0.1) is 18.8 Å². The first-order chi connectivity index (χ1) is 21.1. The first-order valence-electron chi connectivity index (χ1n) is 14.5. The number of halogens is 1. The lowest BCUT2D eigenvalue weighted by atomic mass is 9.85. The van der Waals surface area contributed by atoms with E-state index < -0.39 is 22.0 Å². The minimum Gasteiger partial charge on any atom is -0.496 e. The fourth-order valence-corrected chi connectivity index (χ4v) is 7.23. The maximum absolute atomic E-state index is 12.7. The van der Waals surface area contributed by atoms with E-state index in [1.54, 1.807) is 20.3 Å². The topological polar surface area (TPSA) is 107 Å². The van der Waals surface area contributed by atoms with Gasteiger partial charge in [0.05, 0.1) is 31.6 Å². The van der Waals surface area contributed by atoms with Gasteiger partial charge in [-0.15, -0.1) is 0 Å². The van der Waals surface area contributed by atoms with Crippen LogP contribution in [0.5, 0.6) is 11.5 Å². The fourth-order valence-electron chi connectivity index (χ4n) is 6.12. The van der Waals surface area contributed by atoms with Crippen LogP contribution in [0.3, 0.4) is 0 Å². The van der Waals surface area contributed by atoms with Crippen LogP contribution in [0.15, 0.2) is 84.0 Å². The summed E-state index contributed by atoms with van der Waals surface area (Å²) in [5.74, 6) is 0.865. The monoisotopic (exact) mass is 636 g/mol. The zero-order valence-corrected chi connectivity index (χ0v) is 26.6. The van der Waals surface area contributed by atoms with E-state index in [-0.39, 0.29) is 17.2 Å². The molecule has 10 heteroatoms. The van der Waals surface area contributed by atoms with Crippen LogP contribution in [0.1, 0.15) is 40.3 Å². The van der Waals surface area contributed by atoms with Crippen LogP contribution in [-0.4, -0.2) is 38.2 Å². The summed E-state index contributed by atoms with van der Waals surface area (Å²) in [6.07, 6.45) is 5.46. The second-order valence-corrected chi connectivity index (χ2v) is 13.5. The predicted octanol–water partition coefficient (Wildman–Crippen LogP) is 5.67. The lowest BCUT2D eigenvalue weighted by Gasteiger charge is -2.27. The Hall–Kier alpha value is -3.79. The Morgan fingerprint density at radius 2 is 1.64 bits per heavy atom. The van der Waals surface area contributed by atoms with Crippen molar-refractivity contribution in [2.75, 3.05) is 14.2 Å². The number of sulfonamides is 1. The first kappa shape index (κ1) is 31.6. The Morgan fingerprint density at radius 1 is 1.02 bits per heavy atom. The molecule has 0 radical (unpaired) electrons. The molecule has 0 spiro atoms. The molecule has 8 nitrogen and oxygen atoms in total. The lowest BCUT2D eigenvalue weighted by molar-refractivity contribution is -0.118. The Labute approximate surface area is 263 Å². The highest BCUT2D eigenvalue weighted by Crippen LogP contribution is 2.39. The van der Waals surface area contributed by atoms with Crippen LogP contribution < -0.4 is 14.2 Å². The molecular formula is C34H37ClN2O6S. The van der Waals surface area contributed by atoms with Crippen LogP contribution in [0.25, 0.3) is 0 Å². The number of carbonyl (C=O) groups is 1. The number of aliphatic hydroxyl groups is 1. The van der Waals surface area contributed by atoms with Gasteiger partial charge in [-0.3, -0.25) is 4.79 Å². The van der Waals surface area contributed by atoms with Crippen molar-refractivity contribution in [3.05, 3.63) is 112 Å². The minimum absolute atomic E-state index is 0.0388. The van der Waals surface area contributed by atoms with E-state index in [0.29, 0.717) is 40.1 Å². The molecule has 4 aromatic rings. The van der Waals surface area contributed by atoms with E-state index in [4.69, 9.17) is 21.1 Å². The van der Waals surface area contributed by atoms with Crippen molar-refractivity contribution in [1.82, 2.24) is 9.29 Å². The summed E-state index contributed by atoms with van der Waals surface area (Å²) < 4.78 is 40.5. The number of hydrogen-bond donors (Lipinski definition) is 2. The zero-order chi connectivity index (χ0) is 31.4. The number of rotatable bonds is 12. The smallest absolute Gasteiger partial charge is 0.264 e. The third-order valence-electron chi connectivity index (χ3n) is 8.33. The van der Waals surface area contributed by atoms with Gasteiger partial charge in [0.25, 0.3) is 10.0 Å². The molecule has 0 aliphatic heterocycles. The Balaban J connectivity index is 1.33. The van der Waals surface area contributed by atoms with E-state index in [2.05, 4.69) is 29.0 Å². The molecule has 44 heavy (non-hydrogen) atoms. The molecule has 1 aliphatic rings. The number of amides is 1. The van der Waals surface area contributed by atoms with Crippen molar-refractivity contribution in [2.24, 2.45) is 11.8 Å². The number of nitrogens with zero attached hydrogens (tertiary/aromatic N) is 1. The Morgan fingerprint density at radius 3 is 2.23 bits per heavy atom. The van der Waals surface area contributed by atoms with E-state index >= 15 is 0 Å². The van der Waals surface area contributed by atoms with E-state index in [1.165, 1.54) is 35.4 Å². The summed E-state index contributed by atoms with van der Waals surface area (Å²) >= 11 is 5.86. The second-order valence-electron chi connectivity index (χ2n) is 11.4. The SMILES string of the molecule is COc1cc([C@@H](O)[C@@H](CC2Cc3ccccc3C2)Cn2ccc(CC(=O)NS(=O)(=O)c3ccc(Cl)cc3)c2)cc(OC)c1C. The molecular weight excluding hydrogens is 600 g/mol. The molecule has 2 N–H and O–H groups in total. The summed E-state index contributed by atoms with van der Waals surface area (Å²) in [6.45, 7) is 2.41. The average Bonchev–Trinajstić information content (AvgIpc) is 3.62. The van der Waals surface area contributed by atoms with Gasteiger partial charge in [-0.1, -0.05) is 35.9 Å². The van der Waals surface area contributed by atoms with Crippen molar-refractivity contribution in [3.63, 3.8) is 0 Å². The highest BCUT2D eigenvalue weighted by Gasteiger charge is 2.30. The average molecular weight is 637 g/mol. The van der Waals surface area contributed by atoms with Gasteiger partial charge in [-0.2, -0.15) is 0 Å². The van der Waals surface area contributed by atoms with Gasteiger partial charge in [0.15, 0.2) is 0 Å². The maximum atomic E-state index is 12.7. The van der Waals surface area contributed by atoms with Gasteiger partial charge in [0.2, 0.25) is 5.91 Å². The molecule has 2 atom stereocenters. The van der Waals surface area contributed by atoms with Gasteiger partial charge < -0.3 is 19.1 Å². The molecule has 0 saturated carbocycles. The summed E-state index contributed by atoms with van der Waals surface area (Å²) in [5, 5.41) is 12.2. The number of nitrogens with one attached hydrogen (secondary N) is 1. The molecule has 1 aliphatic carbocycles. The third-order valence-corrected chi connectivity index (χ3v) is 9.97. The van der Waals surface area contributed by atoms with Crippen molar-refractivity contribution < 1.29 is 27.8 Å². The molecule has 0 bridgehead atoms. The summed E-state index contributed by atoms with van der Waals surface area (Å²) in [6, 6.07) is 19.6. The van der Waals surface area contributed by atoms with Crippen molar-refractivity contribution in [3.8, 4) is 11.5 Å². The Bertz CT molecular complexity index is 1680. The van der Waals surface area contributed by atoms with Crippen molar-refractivity contribution >= 4 is 27.5 Å². The molecule has 1 heterocycles. The predicted molar refractivity (Wildman–Crippen MR) is 170 cm³/mol. The highest BCUT2D eigenvalue weighted by atomic mass is 35.5. The number of carbonyl (C=O) groups excluding carboxylic acids is 1. The van der Waals surface area contributed by atoms with Gasteiger partial charge in [-0.25, -0.2) is 13.1 Å². The lowest BCUT2D eigenvalue weighted by Crippen LogP contribution is -2.31. The summed E-state index contributed by atoms with van der Waals surface area (Å²) in [7, 11) is -0.819. The first-order valence-corrected chi connectivity index (χ1v) is 16.4. The standard InChI is InChI=1S/C34H37ClN2O6S/c1-22-31(42-2)18-27(19-32(22)43-3)34(39)28(16-24-14-25-6-4-5-7-26(25)15-24)21-37-13-12-23(20-37)17-33(38)36-44(40,41)30-10-8-29(35)9-11-30/h4-13,18-20,24,28,34,39H,14-17,21H2,1-3H3,(H,36,38)/t28-,34+/m0/s1. The molecule has 1 amide bonds. The van der Waals surface area contributed by atoms with Crippen LogP contribution >= 0.6 is 11.6 Å². The van der Waals surface area contributed by atoms with Crippen molar-refractivity contribution in [2.45, 2.75) is 50.2 Å². The Kier molecular flexibility index (Phi) is 9.68. The van der Waals surface area contributed by atoms with E-state index in [0.717, 1.165) is 24.8 Å². The zero-order valence-electron chi connectivity index (χ0n) is 25.0. The molecule has 3 aromatic carbocycles. The molecule has 232 valence electrons. The molecule has 0 unspecified atom stereocenters.